The van der Waals surface area contributed by atoms with Gasteiger partial charge in [-0.3, -0.25) is 4.79 Å². The smallest absolute Gasteiger partial charge is 0.322 e. The summed E-state index contributed by atoms with van der Waals surface area (Å²) in [5.41, 5.74) is 3.94. The van der Waals surface area contributed by atoms with Gasteiger partial charge in [-0.25, -0.2) is 4.79 Å². The second-order valence-corrected chi connectivity index (χ2v) is 12.6. The fraction of sp³-hybridized carbons (Fsp3) is 0.455. The summed E-state index contributed by atoms with van der Waals surface area (Å²) in [4.78, 5) is 32.5. The first-order valence-electron chi connectivity index (χ1n) is 14.8. The van der Waals surface area contributed by atoms with Crippen molar-refractivity contribution in [2.24, 2.45) is 0 Å². The van der Waals surface area contributed by atoms with Crippen LogP contribution in [0.25, 0.3) is 0 Å². The standard InChI is InChI=1S/C33H41N3O5S/c1-22(2)27-10-5-11-28(23(3)4)32(27)34-33(38)36(18-25-8-6-14-39-25)20-31(37)35(19-26-9-7-15-42-26)17-24-12-13-29-30(16-24)41-21-40-29/h5,7,9-13,15-16,22-23,25H,6,8,14,17-21H2,1-4H3,(H,34,38). The number of ether oxygens (including phenoxy) is 3. The number of amides is 3. The SMILES string of the molecule is CC(C)c1cccc(C(C)C)c1NC(=O)N(CC(=O)N(Cc1ccc2c(c1)OCO2)Cc1cccs1)CC1CCCO1. The molecule has 8 nitrogen and oxygen atoms in total. The number of anilines is 1. The molecule has 1 aromatic heterocycles. The molecule has 0 aliphatic carbocycles. The molecule has 42 heavy (non-hydrogen) atoms. The highest BCUT2D eigenvalue weighted by molar-refractivity contribution is 7.09. The van der Waals surface area contributed by atoms with Gasteiger partial charge in [-0.05, 0) is 64.9 Å². The van der Waals surface area contributed by atoms with E-state index in [9.17, 15) is 9.59 Å². The van der Waals surface area contributed by atoms with E-state index in [0.29, 0.717) is 37.7 Å². The van der Waals surface area contributed by atoms with E-state index in [1.165, 1.54) is 0 Å². The second-order valence-electron chi connectivity index (χ2n) is 11.6. The fourth-order valence-electron chi connectivity index (χ4n) is 5.48. The van der Waals surface area contributed by atoms with Crippen LogP contribution in [0.3, 0.4) is 0 Å². The summed E-state index contributed by atoms with van der Waals surface area (Å²) in [6.07, 6.45) is 1.73. The Bertz CT molecular complexity index is 1340. The van der Waals surface area contributed by atoms with Gasteiger partial charge in [0.05, 0.1) is 12.6 Å². The number of nitrogens with one attached hydrogen (secondary N) is 1. The van der Waals surface area contributed by atoms with Crippen LogP contribution in [0.4, 0.5) is 10.5 Å². The summed E-state index contributed by atoms with van der Waals surface area (Å²) in [5.74, 6) is 1.72. The lowest BCUT2D eigenvalue weighted by atomic mass is 9.93. The minimum Gasteiger partial charge on any atom is -0.454 e. The van der Waals surface area contributed by atoms with Crippen LogP contribution in [0, 0.1) is 0 Å². The van der Waals surface area contributed by atoms with Gasteiger partial charge in [-0.1, -0.05) is 58.0 Å². The minimum atomic E-state index is -0.284. The number of nitrogens with zero attached hydrogens (tertiary/aromatic N) is 2. The average Bonchev–Trinajstić information content (AvgIpc) is 3.75. The molecule has 2 aliphatic rings. The third-order valence-electron chi connectivity index (χ3n) is 7.76. The Balaban J connectivity index is 1.39. The lowest BCUT2D eigenvalue weighted by Gasteiger charge is -2.30. The van der Waals surface area contributed by atoms with Gasteiger partial charge in [0.2, 0.25) is 12.7 Å². The molecule has 1 unspecified atom stereocenters. The Kier molecular flexibility index (Phi) is 9.69. The van der Waals surface area contributed by atoms with Crippen molar-refractivity contribution >= 4 is 29.0 Å². The van der Waals surface area contributed by atoms with Crippen molar-refractivity contribution in [3.8, 4) is 11.5 Å². The minimum absolute atomic E-state index is 0.0531. The van der Waals surface area contributed by atoms with Crippen LogP contribution in [0.1, 0.15) is 73.9 Å². The van der Waals surface area contributed by atoms with E-state index in [-0.39, 0.29) is 43.2 Å². The highest BCUT2D eigenvalue weighted by Gasteiger charge is 2.28. The van der Waals surface area contributed by atoms with Crippen LogP contribution in [0.2, 0.25) is 0 Å². The highest BCUT2D eigenvalue weighted by Crippen LogP contribution is 2.34. The number of hydrogen-bond acceptors (Lipinski definition) is 6. The van der Waals surface area contributed by atoms with Crippen LogP contribution in [-0.2, 0) is 22.6 Å². The van der Waals surface area contributed by atoms with E-state index < -0.39 is 0 Å². The quantitative estimate of drug-likeness (QED) is 0.261. The van der Waals surface area contributed by atoms with Crippen LogP contribution in [0.15, 0.2) is 53.9 Å². The van der Waals surface area contributed by atoms with Gasteiger partial charge in [0.15, 0.2) is 11.5 Å². The zero-order valence-electron chi connectivity index (χ0n) is 24.9. The van der Waals surface area contributed by atoms with Crippen molar-refractivity contribution in [1.82, 2.24) is 9.80 Å². The Labute approximate surface area is 252 Å². The zero-order valence-corrected chi connectivity index (χ0v) is 25.7. The number of hydrogen-bond donors (Lipinski definition) is 1. The fourth-order valence-corrected chi connectivity index (χ4v) is 6.20. The Morgan fingerprint density at radius 2 is 1.71 bits per heavy atom. The van der Waals surface area contributed by atoms with Gasteiger partial charge >= 0.3 is 6.03 Å². The number of thiophene rings is 1. The predicted molar refractivity (Wildman–Crippen MR) is 165 cm³/mol. The summed E-state index contributed by atoms with van der Waals surface area (Å²) in [5, 5.41) is 5.22. The van der Waals surface area contributed by atoms with Gasteiger partial charge in [0.25, 0.3) is 0 Å². The number of benzene rings is 2. The first kappa shape index (κ1) is 29.9. The van der Waals surface area contributed by atoms with Gasteiger partial charge < -0.3 is 29.3 Å². The average molecular weight is 592 g/mol. The molecule has 0 radical (unpaired) electrons. The molecule has 0 bridgehead atoms. The molecule has 9 heteroatoms. The third-order valence-corrected chi connectivity index (χ3v) is 8.62. The molecule has 224 valence electrons. The molecule has 1 fully saturated rings. The maximum atomic E-state index is 14.0. The summed E-state index contributed by atoms with van der Waals surface area (Å²) in [6.45, 7) is 10.5. The molecular weight excluding hydrogens is 550 g/mol. The van der Waals surface area contributed by atoms with Crippen molar-refractivity contribution < 1.29 is 23.8 Å². The van der Waals surface area contributed by atoms with Crippen LogP contribution in [-0.4, -0.2) is 54.3 Å². The Morgan fingerprint density at radius 1 is 0.952 bits per heavy atom. The summed E-state index contributed by atoms with van der Waals surface area (Å²) < 4.78 is 16.9. The van der Waals surface area contributed by atoms with Crippen LogP contribution >= 0.6 is 11.3 Å². The topological polar surface area (TPSA) is 80.3 Å². The molecule has 5 rings (SSSR count). The maximum Gasteiger partial charge on any atom is 0.322 e. The van der Waals surface area contributed by atoms with Crippen molar-refractivity contribution in [2.75, 3.05) is 31.8 Å². The lowest BCUT2D eigenvalue weighted by molar-refractivity contribution is -0.133. The molecule has 0 spiro atoms. The molecular formula is C33H41N3O5S. The highest BCUT2D eigenvalue weighted by atomic mass is 32.1. The summed E-state index contributed by atoms with van der Waals surface area (Å²) in [7, 11) is 0. The first-order valence-corrected chi connectivity index (χ1v) is 15.7. The Hall–Kier alpha value is -3.56. The number of urea groups is 1. The number of fused-ring (bicyclic) bond motifs is 1. The van der Waals surface area contributed by atoms with Gasteiger partial charge in [-0.2, -0.15) is 0 Å². The van der Waals surface area contributed by atoms with Crippen molar-refractivity contribution in [1.29, 1.82) is 0 Å². The van der Waals surface area contributed by atoms with Gasteiger partial charge in [-0.15, -0.1) is 11.3 Å². The largest absolute Gasteiger partial charge is 0.454 e. The predicted octanol–water partition coefficient (Wildman–Crippen LogP) is 6.97. The molecule has 3 heterocycles. The first-order chi connectivity index (χ1) is 20.3. The van der Waals surface area contributed by atoms with Crippen LogP contribution in [0.5, 0.6) is 11.5 Å². The van der Waals surface area contributed by atoms with E-state index in [2.05, 4.69) is 45.1 Å². The van der Waals surface area contributed by atoms with Crippen LogP contribution < -0.4 is 14.8 Å². The van der Waals surface area contributed by atoms with Crippen molar-refractivity contribution in [3.05, 3.63) is 75.5 Å². The molecule has 1 N–H and O–H groups in total. The van der Waals surface area contributed by atoms with E-state index in [1.807, 2.05) is 41.8 Å². The van der Waals surface area contributed by atoms with Crippen molar-refractivity contribution in [2.45, 2.75) is 71.6 Å². The van der Waals surface area contributed by atoms with Crippen molar-refractivity contribution in [3.63, 3.8) is 0 Å². The van der Waals surface area contributed by atoms with E-state index in [1.54, 1.807) is 21.1 Å². The zero-order chi connectivity index (χ0) is 29.6. The lowest BCUT2D eigenvalue weighted by Crippen LogP contribution is -2.47. The summed E-state index contributed by atoms with van der Waals surface area (Å²) >= 11 is 1.61. The monoisotopic (exact) mass is 591 g/mol. The molecule has 2 aromatic carbocycles. The van der Waals surface area contributed by atoms with E-state index >= 15 is 0 Å². The molecule has 3 aromatic rings. The Morgan fingerprint density at radius 3 is 2.38 bits per heavy atom. The number of carbonyl (C=O) groups excluding carboxylic acids is 2. The molecule has 0 saturated carbocycles. The third kappa shape index (κ3) is 7.25. The normalized spacial score (nSPS) is 15.8. The van der Waals surface area contributed by atoms with E-state index in [0.717, 1.165) is 40.1 Å². The molecule has 3 amide bonds. The number of rotatable bonds is 11. The number of carbonyl (C=O) groups is 2. The molecule has 1 atom stereocenters. The second kappa shape index (κ2) is 13.6. The summed E-state index contributed by atoms with van der Waals surface area (Å²) in [6, 6.07) is 15.7. The van der Waals surface area contributed by atoms with Gasteiger partial charge in [0.1, 0.15) is 6.54 Å². The molecule has 2 aliphatic heterocycles. The molecule has 1 saturated heterocycles. The van der Waals surface area contributed by atoms with Gasteiger partial charge in [0, 0.05) is 30.3 Å². The maximum absolute atomic E-state index is 14.0. The van der Waals surface area contributed by atoms with E-state index in [4.69, 9.17) is 14.2 Å². The number of para-hydroxylation sites is 1.